The molecule has 1 rings (SSSR count). The highest BCUT2D eigenvalue weighted by molar-refractivity contribution is 9.10. The summed E-state index contributed by atoms with van der Waals surface area (Å²) in [6.45, 7) is 1.58. The van der Waals surface area contributed by atoms with Gasteiger partial charge in [-0.05, 0) is 24.7 Å². The largest absolute Gasteiger partial charge is 0.291 e. The van der Waals surface area contributed by atoms with Gasteiger partial charge in [-0.25, -0.2) is 0 Å². The summed E-state index contributed by atoms with van der Waals surface area (Å²) < 4.78 is 1.11. The van der Waals surface area contributed by atoms with Crippen molar-refractivity contribution < 1.29 is 0 Å². The van der Waals surface area contributed by atoms with Crippen molar-refractivity contribution in [1.82, 2.24) is 4.90 Å². The van der Waals surface area contributed by atoms with Gasteiger partial charge in [0.05, 0.1) is 6.54 Å². The SMILES string of the molecule is C#CCN(C)Cc1cccc(Br)c1.Cl. The Bertz CT molecular complexity index is 319. The van der Waals surface area contributed by atoms with Crippen molar-refractivity contribution in [3.63, 3.8) is 0 Å². The van der Waals surface area contributed by atoms with Crippen molar-refractivity contribution in [3.8, 4) is 12.3 Å². The summed E-state index contributed by atoms with van der Waals surface area (Å²) in [6, 6.07) is 8.25. The predicted molar refractivity (Wildman–Crippen MR) is 66.6 cm³/mol. The Hall–Kier alpha value is -0.490. The van der Waals surface area contributed by atoms with E-state index >= 15 is 0 Å². The van der Waals surface area contributed by atoms with Crippen molar-refractivity contribution in [2.45, 2.75) is 6.54 Å². The predicted octanol–water partition coefficient (Wildman–Crippen LogP) is 2.94. The lowest BCUT2D eigenvalue weighted by molar-refractivity contribution is 0.369. The summed E-state index contributed by atoms with van der Waals surface area (Å²) in [4.78, 5) is 2.10. The first kappa shape index (κ1) is 13.5. The molecule has 1 aromatic rings. The van der Waals surface area contributed by atoms with Crippen LogP contribution in [0, 0.1) is 12.3 Å². The van der Waals surface area contributed by atoms with Gasteiger partial charge in [-0.2, -0.15) is 0 Å². The highest BCUT2D eigenvalue weighted by Crippen LogP contribution is 2.12. The van der Waals surface area contributed by atoms with Gasteiger partial charge >= 0.3 is 0 Å². The zero-order valence-corrected chi connectivity index (χ0v) is 10.4. The first-order chi connectivity index (χ1) is 6.22. The van der Waals surface area contributed by atoms with Crippen LogP contribution >= 0.6 is 28.3 Å². The zero-order chi connectivity index (χ0) is 9.68. The summed E-state index contributed by atoms with van der Waals surface area (Å²) in [5, 5.41) is 0. The van der Waals surface area contributed by atoms with E-state index in [1.165, 1.54) is 5.56 Å². The second-order valence-corrected chi connectivity index (χ2v) is 3.92. The van der Waals surface area contributed by atoms with Crippen LogP contribution in [0.1, 0.15) is 5.56 Å². The summed E-state index contributed by atoms with van der Waals surface area (Å²) in [6.07, 6.45) is 5.21. The molecule has 0 radical (unpaired) electrons. The zero-order valence-electron chi connectivity index (χ0n) is 8.03. The number of terminal acetylenes is 1. The normalized spacial score (nSPS) is 9.29. The molecule has 0 aliphatic carbocycles. The Labute approximate surface area is 100 Å². The fraction of sp³-hybridized carbons (Fsp3) is 0.273. The van der Waals surface area contributed by atoms with Crippen molar-refractivity contribution in [2.75, 3.05) is 13.6 Å². The number of nitrogens with zero attached hydrogens (tertiary/aromatic N) is 1. The summed E-state index contributed by atoms with van der Waals surface area (Å²) in [5.41, 5.74) is 1.27. The molecule has 0 N–H and O–H groups in total. The number of benzene rings is 1. The molecular formula is C11H13BrClN. The number of hydrogen-bond acceptors (Lipinski definition) is 1. The quantitative estimate of drug-likeness (QED) is 0.766. The van der Waals surface area contributed by atoms with Crippen molar-refractivity contribution in [1.29, 1.82) is 0 Å². The average molecular weight is 275 g/mol. The third-order valence-corrected chi connectivity index (χ3v) is 2.20. The summed E-state index contributed by atoms with van der Waals surface area (Å²) >= 11 is 3.43. The minimum atomic E-state index is 0. The maximum absolute atomic E-state index is 5.21. The molecule has 1 aromatic carbocycles. The van der Waals surface area contributed by atoms with Crippen LogP contribution in [-0.4, -0.2) is 18.5 Å². The monoisotopic (exact) mass is 273 g/mol. The molecule has 76 valence electrons. The molecule has 0 atom stereocenters. The lowest BCUT2D eigenvalue weighted by atomic mass is 10.2. The van der Waals surface area contributed by atoms with Crippen LogP contribution in [-0.2, 0) is 6.54 Å². The molecule has 0 spiro atoms. The third kappa shape index (κ3) is 4.66. The van der Waals surface area contributed by atoms with Gasteiger partial charge < -0.3 is 0 Å². The number of rotatable bonds is 3. The first-order valence-electron chi connectivity index (χ1n) is 4.09. The van der Waals surface area contributed by atoms with E-state index in [0.29, 0.717) is 6.54 Å². The molecule has 0 aromatic heterocycles. The standard InChI is InChI=1S/C11H12BrN.ClH/c1-3-7-13(2)9-10-5-4-6-11(12)8-10;/h1,4-6,8H,7,9H2,2H3;1H. The Morgan fingerprint density at radius 1 is 1.50 bits per heavy atom. The highest BCUT2D eigenvalue weighted by atomic mass is 79.9. The molecule has 0 amide bonds. The molecular weight excluding hydrogens is 261 g/mol. The van der Waals surface area contributed by atoms with Crippen LogP contribution in [0.3, 0.4) is 0 Å². The van der Waals surface area contributed by atoms with E-state index in [0.717, 1.165) is 11.0 Å². The van der Waals surface area contributed by atoms with Gasteiger partial charge in [-0.15, -0.1) is 18.8 Å². The van der Waals surface area contributed by atoms with Gasteiger partial charge in [-0.3, -0.25) is 4.90 Å². The van der Waals surface area contributed by atoms with Crippen LogP contribution < -0.4 is 0 Å². The van der Waals surface area contributed by atoms with E-state index in [4.69, 9.17) is 6.42 Å². The molecule has 3 heteroatoms. The fourth-order valence-corrected chi connectivity index (χ4v) is 1.61. The molecule has 0 heterocycles. The smallest absolute Gasteiger partial charge is 0.0599 e. The van der Waals surface area contributed by atoms with E-state index in [9.17, 15) is 0 Å². The molecule has 0 aliphatic heterocycles. The topological polar surface area (TPSA) is 3.24 Å². The lowest BCUT2D eigenvalue weighted by Gasteiger charge is -2.12. The van der Waals surface area contributed by atoms with Gasteiger partial charge in [0.15, 0.2) is 0 Å². The minimum absolute atomic E-state index is 0. The van der Waals surface area contributed by atoms with Gasteiger partial charge in [0.25, 0.3) is 0 Å². The molecule has 0 bridgehead atoms. The maximum Gasteiger partial charge on any atom is 0.0599 e. The fourth-order valence-electron chi connectivity index (χ4n) is 1.16. The Morgan fingerprint density at radius 2 is 2.21 bits per heavy atom. The highest BCUT2D eigenvalue weighted by Gasteiger charge is 1.98. The van der Waals surface area contributed by atoms with E-state index in [1.807, 2.05) is 19.2 Å². The summed E-state index contributed by atoms with van der Waals surface area (Å²) in [5.74, 6) is 2.62. The average Bonchev–Trinajstić information content (AvgIpc) is 2.04. The molecule has 1 nitrogen and oxygen atoms in total. The second-order valence-electron chi connectivity index (χ2n) is 3.01. The van der Waals surface area contributed by atoms with Crippen LogP contribution in [0.15, 0.2) is 28.7 Å². The molecule has 0 saturated carbocycles. The van der Waals surface area contributed by atoms with E-state index in [-0.39, 0.29) is 12.4 Å². The number of hydrogen-bond donors (Lipinski definition) is 0. The third-order valence-electron chi connectivity index (χ3n) is 1.70. The Morgan fingerprint density at radius 3 is 2.79 bits per heavy atom. The molecule has 0 unspecified atom stereocenters. The maximum atomic E-state index is 5.21. The molecule has 0 fully saturated rings. The van der Waals surface area contributed by atoms with Gasteiger partial charge in [0.1, 0.15) is 0 Å². The van der Waals surface area contributed by atoms with Crippen LogP contribution in [0.5, 0.6) is 0 Å². The Kier molecular flexibility index (Phi) is 6.65. The van der Waals surface area contributed by atoms with E-state index < -0.39 is 0 Å². The van der Waals surface area contributed by atoms with Crippen molar-refractivity contribution in [2.24, 2.45) is 0 Å². The lowest BCUT2D eigenvalue weighted by Crippen LogP contribution is -2.17. The van der Waals surface area contributed by atoms with Gasteiger partial charge in [0, 0.05) is 11.0 Å². The molecule has 14 heavy (non-hydrogen) atoms. The van der Waals surface area contributed by atoms with Crippen LogP contribution in [0.4, 0.5) is 0 Å². The van der Waals surface area contributed by atoms with E-state index in [1.54, 1.807) is 0 Å². The minimum Gasteiger partial charge on any atom is -0.291 e. The molecule has 0 saturated heterocycles. The van der Waals surface area contributed by atoms with Gasteiger partial charge in [-0.1, -0.05) is 34.0 Å². The first-order valence-corrected chi connectivity index (χ1v) is 4.88. The van der Waals surface area contributed by atoms with Crippen molar-refractivity contribution in [3.05, 3.63) is 34.3 Å². The molecule has 0 aliphatic rings. The second kappa shape index (κ2) is 6.89. The summed E-state index contributed by atoms with van der Waals surface area (Å²) in [7, 11) is 2.01. The van der Waals surface area contributed by atoms with Gasteiger partial charge in [0.2, 0.25) is 0 Å². The van der Waals surface area contributed by atoms with Crippen molar-refractivity contribution >= 4 is 28.3 Å². The number of halogens is 2. The van der Waals surface area contributed by atoms with Crippen LogP contribution in [0.2, 0.25) is 0 Å². The van der Waals surface area contributed by atoms with Crippen LogP contribution in [0.25, 0.3) is 0 Å². The van der Waals surface area contributed by atoms with E-state index in [2.05, 4.69) is 38.9 Å². The Balaban J connectivity index is 0.00000169.